The normalized spacial score (nSPS) is 13.5. The summed E-state index contributed by atoms with van der Waals surface area (Å²) in [6.07, 6.45) is 0. The maximum absolute atomic E-state index is 5.74. The smallest absolute Gasteiger partial charge is 0.250 e. The van der Waals surface area contributed by atoms with Crippen LogP contribution in [0, 0.1) is 0 Å². The van der Waals surface area contributed by atoms with Crippen LogP contribution in [0.4, 0.5) is 5.95 Å². The van der Waals surface area contributed by atoms with Gasteiger partial charge < -0.3 is 5.32 Å². The summed E-state index contributed by atoms with van der Waals surface area (Å²) < 4.78 is -3.69. The lowest BCUT2D eigenvalue weighted by molar-refractivity contribution is 0.621. The maximum Gasteiger partial charge on any atom is 0.250 e. The molecule has 0 bridgehead atoms. The quantitative estimate of drug-likeness (QED) is 0.708. The highest BCUT2D eigenvalue weighted by atomic mass is 35.6. The molecule has 108 valence electrons. The second-order valence-electron chi connectivity index (χ2n) is 4.68. The highest BCUT2D eigenvalue weighted by molar-refractivity contribution is 6.67. The number of rotatable bonds is 1. The van der Waals surface area contributed by atoms with Crippen LogP contribution >= 0.6 is 69.6 Å². The van der Waals surface area contributed by atoms with Crippen molar-refractivity contribution in [3.63, 3.8) is 0 Å². The number of aromatic nitrogens is 3. The Balaban J connectivity index is 3.33. The SMILES string of the molecule is CC(C)(C)Nc1nc(C(Cl)(Cl)Cl)nc(C(Cl)(Cl)Cl)n1. The number of anilines is 1. The van der Waals surface area contributed by atoms with Crippen molar-refractivity contribution in [3.8, 4) is 0 Å². The van der Waals surface area contributed by atoms with Crippen molar-refractivity contribution in [1.82, 2.24) is 15.0 Å². The third kappa shape index (κ3) is 5.82. The fourth-order valence-electron chi connectivity index (χ4n) is 1.02. The predicted molar refractivity (Wildman–Crippen MR) is 81.7 cm³/mol. The van der Waals surface area contributed by atoms with E-state index >= 15 is 0 Å². The van der Waals surface area contributed by atoms with Crippen LogP contribution in [0.3, 0.4) is 0 Å². The molecule has 0 aliphatic rings. The summed E-state index contributed by atoms with van der Waals surface area (Å²) in [5.41, 5.74) is -0.322. The minimum atomic E-state index is -1.85. The van der Waals surface area contributed by atoms with Gasteiger partial charge in [0.25, 0.3) is 0 Å². The Hall–Kier alpha value is 0.550. The summed E-state index contributed by atoms with van der Waals surface area (Å²) in [5.74, 6) is -0.0914. The fraction of sp³-hybridized carbons (Fsp3) is 0.667. The monoisotopic (exact) mass is 384 g/mol. The van der Waals surface area contributed by atoms with E-state index < -0.39 is 7.59 Å². The second kappa shape index (κ2) is 5.74. The minimum Gasteiger partial charge on any atom is -0.350 e. The van der Waals surface area contributed by atoms with Crippen molar-refractivity contribution in [2.75, 3.05) is 5.32 Å². The molecule has 0 fully saturated rings. The van der Waals surface area contributed by atoms with Crippen LogP contribution in [0.15, 0.2) is 0 Å². The van der Waals surface area contributed by atoms with Crippen LogP contribution < -0.4 is 5.32 Å². The van der Waals surface area contributed by atoms with Gasteiger partial charge in [-0.05, 0) is 20.8 Å². The molecule has 4 nitrogen and oxygen atoms in total. The topological polar surface area (TPSA) is 50.7 Å². The second-order valence-corrected chi connectivity index (χ2v) is 9.24. The number of nitrogens with one attached hydrogen (secondary N) is 1. The molecule has 0 unspecified atom stereocenters. The van der Waals surface area contributed by atoms with Crippen molar-refractivity contribution in [3.05, 3.63) is 11.6 Å². The summed E-state index contributed by atoms with van der Waals surface area (Å²) >= 11 is 34.5. The van der Waals surface area contributed by atoms with Crippen LogP contribution in [0.25, 0.3) is 0 Å². The van der Waals surface area contributed by atoms with Crippen molar-refractivity contribution in [1.29, 1.82) is 0 Å². The number of alkyl halides is 6. The Bertz CT molecular complexity index is 427. The van der Waals surface area contributed by atoms with Gasteiger partial charge in [-0.15, -0.1) is 0 Å². The van der Waals surface area contributed by atoms with Crippen LogP contribution in [0.2, 0.25) is 0 Å². The molecular weight excluding hydrogens is 377 g/mol. The summed E-state index contributed by atoms with van der Waals surface area (Å²) in [6, 6.07) is 0. The van der Waals surface area contributed by atoms with E-state index in [1.807, 2.05) is 20.8 Å². The lowest BCUT2D eigenvalue weighted by Crippen LogP contribution is -2.29. The number of hydrogen-bond donors (Lipinski definition) is 1. The van der Waals surface area contributed by atoms with E-state index in [0.29, 0.717) is 0 Å². The molecule has 10 heteroatoms. The average Bonchev–Trinajstić information content (AvgIpc) is 2.11. The first-order chi connectivity index (χ1) is 8.29. The van der Waals surface area contributed by atoms with Crippen molar-refractivity contribution in [2.45, 2.75) is 33.9 Å². The lowest BCUT2D eigenvalue weighted by Gasteiger charge is -2.22. The van der Waals surface area contributed by atoms with Gasteiger partial charge in [-0.3, -0.25) is 0 Å². The van der Waals surface area contributed by atoms with Crippen molar-refractivity contribution < 1.29 is 0 Å². The third-order valence-electron chi connectivity index (χ3n) is 1.63. The highest BCUT2D eigenvalue weighted by Gasteiger charge is 2.34. The molecule has 0 saturated heterocycles. The number of hydrogen-bond acceptors (Lipinski definition) is 4. The minimum absolute atomic E-state index is 0.124. The van der Waals surface area contributed by atoms with Crippen molar-refractivity contribution in [2.24, 2.45) is 0 Å². The van der Waals surface area contributed by atoms with E-state index in [0.717, 1.165) is 0 Å². The van der Waals surface area contributed by atoms with E-state index in [9.17, 15) is 0 Å². The van der Waals surface area contributed by atoms with Gasteiger partial charge in [0.05, 0.1) is 0 Å². The van der Waals surface area contributed by atoms with Gasteiger partial charge in [0.2, 0.25) is 13.5 Å². The molecule has 0 aliphatic heterocycles. The first-order valence-corrected chi connectivity index (χ1v) is 7.24. The molecule has 1 rings (SSSR count). The standard InChI is InChI=1S/C9H10Cl6N4/c1-7(2,3)19-6-17-4(8(10,11)12)16-5(18-6)9(13,14)15/h1-3H3,(H,16,17,18,19). The molecule has 0 atom stereocenters. The summed E-state index contributed by atoms with van der Waals surface area (Å²) in [7, 11) is 0. The van der Waals surface area contributed by atoms with Gasteiger partial charge >= 0.3 is 0 Å². The highest BCUT2D eigenvalue weighted by Crippen LogP contribution is 2.40. The largest absolute Gasteiger partial charge is 0.350 e. The predicted octanol–water partition coefficient (Wildman–Crippen LogP) is 4.74. The Morgan fingerprint density at radius 2 is 1.11 bits per heavy atom. The zero-order valence-electron chi connectivity index (χ0n) is 10.1. The Labute approximate surface area is 141 Å². The van der Waals surface area contributed by atoms with Gasteiger partial charge in [0, 0.05) is 5.54 Å². The van der Waals surface area contributed by atoms with E-state index in [-0.39, 0.29) is 23.1 Å². The van der Waals surface area contributed by atoms with E-state index in [1.165, 1.54) is 0 Å². The zero-order valence-corrected chi connectivity index (χ0v) is 14.6. The molecule has 1 N–H and O–H groups in total. The Morgan fingerprint density at radius 1 is 0.737 bits per heavy atom. The van der Waals surface area contributed by atoms with Crippen molar-refractivity contribution >= 4 is 75.6 Å². The Morgan fingerprint density at radius 3 is 1.37 bits per heavy atom. The van der Waals surface area contributed by atoms with E-state index in [2.05, 4.69) is 20.3 Å². The van der Waals surface area contributed by atoms with Gasteiger partial charge in [-0.1, -0.05) is 69.6 Å². The molecule has 0 saturated carbocycles. The molecule has 0 amide bonds. The fourth-order valence-corrected chi connectivity index (χ4v) is 1.53. The summed E-state index contributed by atoms with van der Waals surface area (Å²) in [4.78, 5) is 11.8. The van der Waals surface area contributed by atoms with Crippen LogP contribution in [0.5, 0.6) is 0 Å². The molecule has 1 aromatic rings. The Kier molecular flexibility index (Phi) is 5.32. The molecule has 0 spiro atoms. The first-order valence-electron chi connectivity index (χ1n) is 4.98. The third-order valence-corrected chi connectivity index (χ3v) is 2.64. The van der Waals surface area contributed by atoms with Gasteiger partial charge in [0.15, 0.2) is 11.6 Å². The summed E-state index contributed by atoms with van der Waals surface area (Å²) in [5, 5.41) is 2.99. The maximum atomic E-state index is 5.74. The molecule has 0 aromatic carbocycles. The zero-order chi connectivity index (χ0) is 15.1. The van der Waals surface area contributed by atoms with E-state index in [4.69, 9.17) is 69.6 Å². The van der Waals surface area contributed by atoms with Crippen LogP contribution in [0.1, 0.15) is 32.4 Å². The molecule has 19 heavy (non-hydrogen) atoms. The molecule has 1 aromatic heterocycles. The lowest BCUT2D eigenvalue weighted by atomic mass is 10.1. The molecule has 0 radical (unpaired) electrons. The average molecular weight is 387 g/mol. The molecule has 0 aliphatic carbocycles. The first kappa shape index (κ1) is 17.6. The molecular formula is C9H10Cl6N4. The van der Waals surface area contributed by atoms with Gasteiger partial charge in [0.1, 0.15) is 0 Å². The van der Waals surface area contributed by atoms with Gasteiger partial charge in [-0.2, -0.15) is 9.97 Å². The number of nitrogens with zero attached hydrogens (tertiary/aromatic N) is 3. The summed E-state index contributed by atoms with van der Waals surface area (Å²) in [6.45, 7) is 5.71. The van der Waals surface area contributed by atoms with E-state index in [1.54, 1.807) is 0 Å². The van der Waals surface area contributed by atoms with Crippen LogP contribution in [-0.2, 0) is 7.59 Å². The van der Waals surface area contributed by atoms with Crippen LogP contribution in [-0.4, -0.2) is 20.5 Å². The number of halogens is 6. The van der Waals surface area contributed by atoms with Gasteiger partial charge in [-0.25, -0.2) is 4.98 Å². The molecule has 1 heterocycles.